The van der Waals surface area contributed by atoms with Crippen molar-refractivity contribution in [2.75, 3.05) is 29.0 Å². The van der Waals surface area contributed by atoms with Gasteiger partial charge in [0.15, 0.2) is 0 Å². The first-order chi connectivity index (χ1) is 22.1. The Morgan fingerprint density at radius 2 is 1.87 bits per heavy atom. The number of carbonyl (C=O) groups excluding carboxylic acids is 2. The Morgan fingerprint density at radius 3 is 2.82 bits per heavy atom. The van der Waals surface area contributed by atoms with Crippen LogP contribution in [0.15, 0.2) is 79.3 Å². The van der Waals surface area contributed by atoms with Crippen molar-refractivity contribution in [1.29, 1.82) is 0 Å². The number of fused-ring (bicyclic) bond motifs is 4. The summed E-state index contributed by atoms with van der Waals surface area (Å²) in [7, 11) is 0. The molecule has 1 fully saturated rings. The molecule has 0 radical (unpaired) electrons. The summed E-state index contributed by atoms with van der Waals surface area (Å²) < 4.78 is 7.66. The summed E-state index contributed by atoms with van der Waals surface area (Å²) in [5.74, 6) is 0.444. The maximum absolute atomic E-state index is 12.9. The number of nitrogens with zero attached hydrogens (tertiary/aromatic N) is 6. The number of carbonyl (C=O) groups is 2. The van der Waals surface area contributed by atoms with Crippen molar-refractivity contribution in [3.8, 4) is 0 Å². The van der Waals surface area contributed by atoms with Crippen molar-refractivity contribution < 1.29 is 14.3 Å². The Morgan fingerprint density at radius 1 is 0.956 bits per heavy atom. The lowest BCUT2D eigenvalue weighted by Gasteiger charge is -2.30. The van der Waals surface area contributed by atoms with Gasteiger partial charge < -0.3 is 20.3 Å². The molecule has 3 N–H and O–H groups in total. The first-order valence-corrected chi connectivity index (χ1v) is 15.1. The molecule has 12 heteroatoms. The number of para-hydroxylation sites is 1. The van der Waals surface area contributed by atoms with Crippen molar-refractivity contribution in [2.24, 2.45) is 0 Å². The van der Waals surface area contributed by atoms with Crippen LogP contribution in [0.5, 0.6) is 0 Å². The summed E-state index contributed by atoms with van der Waals surface area (Å²) in [5, 5.41) is 18.7. The molecule has 2 aliphatic rings. The van der Waals surface area contributed by atoms with Crippen LogP contribution in [0.25, 0.3) is 10.9 Å². The van der Waals surface area contributed by atoms with E-state index in [9.17, 15) is 9.59 Å². The molecular weight excluding hydrogens is 570 g/mol. The maximum Gasteiger partial charge on any atom is 0.324 e. The average Bonchev–Trinajstić information content (AvgIpc) is 3.64. The number of piperidine rings is 1. The van der Waals surface area contributed by atoms with E-state index >= 15 is 0 Å². The molecule has 3 amide bonds. The third-order valence-electron chi connectivity index (χ3n) is 8.16. The number of benzene rings is 2. The van der Waals surface area contributed by atoms with Crippen LogP contribution in [-0.2, 0) is 24.5 Å². The maximum atomic E-state index is 12.9. The van der Waals surface area contributed by atoms with Gasteiger partial charge in [-0.1, -0.05) is 29.5 Å². The van der Waals surface area contributed by atoms with Gasteiger partial charge in [0.05, 0.1) is 37.5 Å². The predicted octanol–water partition coefficient (Wildman–Crippen LogP) is 5.38. The fraction of sp³-hybridized carbons (Fsp3) is 0.273. The van der Waals surface area contributed by atoms with E-state index in [1.807, 2.05) is 53.6 Å². The van der Waals surface area contributed by atoms with E-state index in [0.717, 1.165) is 59.2 Å². The number of amides is 3. The molecule has 1 saturated heterocycles. The lowest BCUT2D eigenvalue weighted by atomic mass is 9.96. The van der Waals surface area contributed by atoms with Gasteiger partial charge in [-0.05, 0) is 61.2 Å². The van der Waals surface area contributed by atoms with Crippen LogP contribution >= 0.6 is 0 Å². The van der Waals surface area contributed by atoms with Crippen LogP contribution in [0.3, 0.4) is 0 Å². The van der Waals surface area contributed by atoms with E-state index in [4.69, 9.17) is 4.74 Å². The molecule has 0 spiro atoms. The normalized spacial score (nSPS) is 15.5. The van der Waals surface area contributed by atoms with Crippen molar-refractivity contribution in [3.63, 3.8) is 0 Å². The molecule has 5 aromatic rings. The minimum Gasteiger partial charge on any atom is -0.383 e. The molecule has 3 aromatic heterocycles. The Bertz CT molecular complexity index is 1850. The highest BCUT2D eigenvalue weighted by molar-refractivity contribution is 6.05. The molecular formula is C33H33N9O3. The standard InChI is InChI=1S/C33H33N9O3/c43-32-25-7-5-9-28(31(25)29-10-3-4-16-42(29)32)37-33(44)38-30-18-22(11-13-36-30)20-45-21-23-19-41(40-39-23)17-15-35-27-12-14-34-26-8-2-1-6-24(26)27/h1-2,5-9,11-14,18-19,29H,3-4,10,15-17,20-21H2,(H,34,35)(H2,36,37,38,44). The number of nitrogens with one attached hydrogen (secondary N) is 3. The van der Waals surface area contributed by atoms with Crippen molar-refractivity contribution >= 4 is 40.0 Å². The summed E-state index contributed by atoms with van der Waals surface area (Å²) in [6, 6.07) is 18.7. The summed E-state index contributed by atoms with van der Waals surface area (Å²) in [5.41, 5.74) is 5.79. The summed E-state index contributed by atoms with van der Waals surface area (Å²) in [6.45, 7) is 2.69. The van der Waals surface area contributed by atoms with Gasteiger partial charge in [0.1, 0.15) is 11.5 Å². The number of anilines is 3. The van der Waals surface area contributed by atoms with E-state index < -0.39 is 6.03 Å². The second-order valence-electron chi connectivity index (χ2n) is 11.2. The average molecular weight is 604 g/mol. The van der Waals surface area contributed by atoms with Gasteiger partial charge in [-0.15, -0.1) is 5.10 Å². The molecule has 0 bridgehead atoms. The second-order valence-corrected chi connectivity index (χ2v) is 11.2. The fourth-order valence-corrected chi connectivity index (χ4v) is 6.09. The number of urea groups is 1. The lowest BCUT2D eigenvalue weighted by Crippen LogP contribution is -2.32. The predicted molar refractivity (Wildman–Crippen MR) is 170 cm³/mol. The number of rotatable bonds is 10. The number of ether oxygens (including phenoxy) is 1. The Labute approximate surface area is 259 Å². The summed E-state index contributed by atoms with van der Waals surface area (Å²) in [4.78, 5) is 36.4. The van der Waals surface area contributed by atoms with E-state index in [1.165, 1.54) is 0 Å². The molecule has 0 aliphatic carbocycles. The van der Waals surface area contributed by atoms with Crippen molar-refractivity contribution in [3.05, 3.63) is 102 Å². The van der Waals surface area contributed by atoms with Crippen molar-refractivity contribution in [2.45, 2.75) is 45.1 Å². The molecule has 2 aliphatic heterocycles. The second kappa shape index (κ2) is 12.7. The van der Waals surface area contributed by atoms with Crippen LogP contribution in [0.1, 0.15) is 52.5 Å². The highest BCUT2D eigenvalue weighted by Gasteiger charge is 2.39. The summed E-state index contributed by atoms with van der Waals surface area (Å²) >= 11 is 0. The van der Waals surface area contributed by atoms with Crippen LogP contribution in [0.2, 0.25) is 0 Å². The van der Waals surface area contributed by atoms with Crippen LogP contribution < -0.4 is 16.0 Å². The Balaban J connectivity index is 0.892. The first-order valence-electron chi connectivity index (χ1n) is 15.1. The third kappa shape index (κ3) is 6.18. The SMILES string of the molecule is O=C(Nc1cc(COCc2cn(CCNc3ccnc4ccccc34)nn2)ccn1)Nc1cccc2c1C1CCCCN1C2=O. The molecule has 228 valence electrons. The quantitative estimate of drug-likeness (QED) is 0.194. The van der Waals surface area contributed by atoms with Crippen LogP contribution in [0.4, 0.5) is 22.0 Å². The zero-order chi connectivity index (χ0) is 30.6. The largest absolute Gasteiger partial charge is 0.383 e. The topological polar surface area (TPSA) is 139 Å². The van der Waals surface area contributed by atoms with E-state index in [-0.39, 0.29) is 11.9 Å². The lowest BCUT2D eigenvalue weighted by molar-refractivity contribution is 0.0672. The zero-order valence-electron chi connectivity index (χ0n) is 24.6. The number of aromatic nitrogens is 5. The van der Waals surface area contributed by atoms with Crippen LogP contribution in [-0.4, -0.2) is 54.9 Å². The third-order valence-corrected chi connectivity index (χ3v) is 8.16. The Hall–Kier alpha value is -5.36. The van der Waals surface area contributed by atoms with Gasteiger partial charge in [-0.2, -0.15) is 0 Å². The Kier molecular flexibility index (Phi) is 8.02. The molecule has 0 saturated carbocycles. The number of hydrogen-bond donors (Lipinski definition) is 3. The van der Waals surface area contributed by atoms with Crippen molar-refractivity contribution in [1.82, 2.24) is 29.9 Å². The number of hydrogen-bond acceptors (Lipinski definition) is 8. The zero-order valence-corrected chi connectivity index (χ0v) is 24.6. The highest BCUT2D eigenvalue weighted by atomic mass is 16.5. The van der Waals surface area contributed by atoms with Gasteiger partial charge in [0.25, 0.3) is 5.91 Å². The molecule has 45 heavy (non-hydrogen) atoms. The molecule has 12 nitrogen and oxygen atoms in total. The van der Waals surface area contributed by atoms with Gasteiger partial charge >= 0.3 is 6.03 Å². The molecule has 1 atom stereocenters. The van der Waals surface area contributed by atoms with Crippen LogP contribution in [0, 0.1) is 0 Å². The molecule has 2 aromatic carbocycles. The van der Waals surface area contributed by atoms with Gasteiger partial charge in [0.2, 0.25) is 0 Å². The first kappa shape index (κ1) is 28.4. The highest BCUT2D eigenvalue weighted by Crippen LogP contribution is 2.43. The molecule has 7 rings (SSSR count). The molecule has 1 unspecified atom stereocenters. The van der Waals surface area contributed by atoms with E-state index in [1.54, 1.807) is 29.2 Å². The van der Waals surface area contributed by atoms with Gasteiger partial charge in [-0.25, -0.2) is 9.78 Å². The van der Waals surface area contributed by atoms with E-state index in [2.05, 4.69) is 42.3 Å². The van der Waals surface area contributed by atoms with Gasteiger partial charge in [-0.3, -0.25) is 19.8 Å². The summed E-state index contributed by atoms with van der Waals surface area (Å²) in [6.07, 6.45) is 8.27. The van der Waals surface area contributed by atoms with Gasteiger partial charge in [0, 0.05) is 53.4 Å². The number of pyridine rings is 2. The van der Waals surface area contributed by atoms with E-state index in [0.29, 0.717) is 43.4 Å². The minimum atomic E-state index is -0.418. The smallest absolute Gasteiger partial charge is 0.324 e. The molecule has 5 heterocycles. The monoisotopic (exact) mass is 603 g/mol. The minimum absolute atomic E-state index is 0.0161. The fourth-order valence-electron chi connectivity index (χ4n) is 6.09.